The van der Waals surface area contributed by atoms with Gasteiger partial charge in [0.05, 0.1) is 5.69 Å². The van der Waals surface area contributed by atoms with Crippen LogP contribution in [0.4, 0.5) is 11.4 Å². The lowest BCUT2D eigenvalue weighted by molar-refractivity contribution is 0.101. The molecular formula is C12H10N4O3S. The fourth-order valence-electron chi connectivity index (χ4n) is 1.46. The summed E-state index contributed by atoms with van der Waals surface area (Å²) in [5.41, 5.74) is -0.0736. The Labute approximate surface area is 118 Å². The third kappa shape index (κ3) is 3.04. The third-order valence-electron chi connectivity index (χ3n) is 2.42. The second kappa shape index (κ2) is 5.57. The van der Waals surface area contributed by atoms with Gasteiger partial charge in [-0.2, -0.15) is 5.11 Å². The molecule has 0 fully saturated rings. The molecule has 0 saturated heterocycles. The summed E-state index contributed by atoms with van der Waals surface area (Å²) in [5.74, 6) is -0.572. The van der Waals surface area contributed by atoms with Gasteiger partial charge in [0.1, 0.15) is 0 Å². The van der Waals surface area contributed by atoms with Crippen molar-refractivity contribution in [3.05, 3.63) is 45.0 Å². The molecule has 0 saturated carbocycles. The van der Waals surface area contributed by atoms with Gasteiger partial charge >= 0.3 is 0 Å². The lowest BCUT2D eigenvalue weighted by Gasteiger charge is -1.98. The maximum absolute atomic E-state index is 11.5. The van der Waals surface area contributed by atoms with Crippen LogP contribution in [0.25, 0.3) is 0 Å². The van der Waals surface area contributed by atoms with Crippen molar-refractivity contribution in [2.75, 3.05) is 0 Å². The second-order valence-electron chi connectivity index (χ2n) is 3.91. The molecule has 3 N–H and O–H groups in total. The van der Waals surface area contributed by atoms with Crippen molar-refractivity contribution in [3.8, 4) is 5.88 Å². The quantitative estimate of drug-likeness (QED) is 0.458. The van der Waals surface area contributed by atoms with Gasteiger partial charge in [0.25, 0.3) is 5.56 Å². The number of ketones is 1. The first kappa shape index (κ1) is 13.8. The molecule has 0 aliphatic rings. The molecule has 1 heterocycles. The van der Waals surface area contributed by atoms with Crippen LogP contribution in [0, 0.1) is 4.77 Å². The topological polar surface area (TPSA) is 111 Å². The van der Waals surface area contributed by atoms with E-state index in [2.05, 4.69) is 32.4 Å². The summed E-state index contributed by atoms with van der Waals surface area (Å²) < 4.78 is -0.00923. The van der Waals surface area contributed by atoms with Crippen molar-refractivity contribution in [1.29, 1.82) is 0 Å². The maximum atomic E-state index is 11.5. The molecule has 0 amide bonds. The maximum Gasteiger partial charge on any atom is 0.283 e. The standard InChI is InChI=1S/C12H10N4O3S/c1-6(17)7-3-2-4-8(5-7)15-16-9-10(18)13-12(20)14-11(9)19/h2-5H,1H3,(H3,13,14,18,19,20). The van der Waals surface area contributed by atoms with Gasteiger partial charge < -0.3 is 10.1 Å². The van der Waals surface area contributed by atoms with Crippen molar-refractivity contribution in [1.82, 2.24) is 9.97 Å². The van der Waals surface area contributed by atoms with Crippen LogP contribution in [-0.2, 0) is 0 Å². The Balaban J connectivity index is 2.40. The van der Waals surface area contributed by atoms with E-state index in [9.17, 15) is 14.7 Å². The van der Waals surface area contributed by atoms with Crippen LogP contribution < -0.4 is 5.56 Å². The zero-order valence-corrected chi connectivity index (χ0v) is 11.2. The minimum atomic E-state index is -0.655. The number of aromatic amines is 2. The predicted molar refractivity (Wildman–Crippen MR) is 74.5 cm³/mol. The molecule has 0 spiro atoms. The Morgan fingerprint density at radius 2 is 2.05 bits per heavy atom. The van der Waals surface area contributed by atoms with E-state index in [1.54, 1.807) is 18.2 Å². The first-order valence-electron chi connectivity index (χ1n) is 5.55. The third-order valence-corrected chi connectivity index (χ3v) is 2.62. The van der Waals surface area contributed by atoms with E-state index in [4.69, 9.17) is 0 Å². The Morgan fingerprint density at radius 1 is 1.30 bits per heavy atom. The number of aromatic hydroxyl groups is 1. The fourth-order valence-corrected chi connectivity index (χ4v) is 1.64. The molecule has 1 aromatic heterocycles. The number of carbonyl (C=O) groups excluding carboxylic acids is 1. The number of hydrogen-bond acceptors (Lipinski definition) is 6. The highest BCUT2D eigenvalue weighted by Gasteiger charge is 2.06. The van der Waals surface area contributed by atoms with Crippen molar-refractivity contribution in [2.24, 2.45) is 10.2 Å². The van der Waals surface area contributed by atoms with Crippen LogP contribution in [-0.4, -0.2) is 20.9 Å². The highest BCUT2D eigenvalue weighted by molar-refractivity contribution is 7.71. The van der Waals surface area contributed by atoms with Gasteiger partial charge in [-0.05, 0) is 31.3 Å². The van der Waals surface area contributed by atoms with Gasteiger partial charge in [-0.15, -0.1) is 5.11 Å². The molecule has 7 nitrogen and oxygen atoms in total. The van der Waals surface area contributed by atoms with Gasteiger partial charge in [-0.3, -0.25) is 14.6 Å². The minimum Gasteiger partial charge on any atom is -0.493 e. The molecule has 0 atom stereocenters. The summed E-state index contributed by atoms with van der Waals surface area (Å²) in [6.45, 7) is 1.43. The van der Waals surface area contributed by atoms with Crippen molar-refractivity contribution < 1.29 is 9.90 Å². The van der Waals surface area contributed by atoms with E-state index < -0.39 is 11.4 Å². The van der Waals surface area contributed by atoms with Gasteiger partial charge in [-0.25, -0.2) is 0 Å². The van der Waals surface area contributed by atoms with E-state index in [1.165, 1.54) is 13.0 Å². The van der Waals surface area contributed by atoms with E-state index in [0.717, 1.165) is 0 Å². The molecule has 1 aromatic carbocycles. The van der Waals surface area contributed by atoms with E-state index in [1.807, 2.05) is 0 Å². The van der Waals surface area contributed by atoms with Crippen LogP contribution in [0.2, 0.25) is 0 Å². The molecule has 102 valence electrons. The van der Waals surface area contributed by atoms with Crippen LogP contribution in [0.1, 0.15) is 17.3 Å². The number of Topliss-reactive ketones (excluding diaryl/α,β-unsaturated/α-hetero) is 1. The van der Waals surface area contributed by atoms with Gasteiger partial charge in [0.15, 0.2) is 10.6 Å². The zero-order chi connectivity index (χ0) is 14.7. The van der Waals surface area contributed by atoms with E-state index in [-0.39, 0.29) is 16.2 Å². The summed E-state index contributed by atoms with van der Waals surface area (Å²) in [6, 6.07) is 6.44. The molecular weight excluding hydrogens is 280 g/mol. The molecule has 0 aliphatic carbocycles. The zero-order valence-electron chi connectivity index (χ0n) is 10.4. The second-order valence-corrected chi connectivity index (χ2v) is 4.32. The number of hydrogen-bond donors (Lipinski definition) is 3. The average Bonchev–Trinajstić information content (AvgIpc) is 2.37. The lowest BCUT2D eigenvalue weighted by Crippen LogP contribution is -2.06. The molecule has 0 unspecified atom stereocenters. The van der Waals surface area contributed by atoms with Crippen molar-refractivity contribution >= 4 is 29.4 Å². The Hall–Kier alpha value is -2.61. The molecule has 0 aliphatic heterocycles. The van der Waals surface area contributed by atoms with Crippen LogP contribution in [0.15, 0.2) is 39.3 Å². The highest BCUT2D eigenvalue weighted by Crippen LogP contribution is 2.21. The molecule has 0 radical (unpaired) electrons. The van der Waals surface area contributed by atoms with Crippen molar-refractivity contribution in [2.45, 2.75) is 6.92 Å². The van der Waals surface area contributed by atoms with Gasteiger partial charge in [0.2, 0.25) is 11.6 Å². The molecule has 20 heavy (non-hydrogen) atoms. The average molecular weight is 290 g/mol. The summed E-state index contributed by atoms with van der Waals surface area (Å²) in [7, 11) is 0. The normalized spacial score (nSPS) is 10.8. The first-order valence-corrected chi connectivity index (χ1v) is 5.96. The first-order chi connectivity index (χ1) is 9.47. The summed E-state index contributed by atoms with van der Waals surface area (Å²) in [4.78, 5) is 27.4. The number of aromatic nitrogens is 2. The van der Waals surface area contributed by atoms with Crippen LogP contribution in [0.5, 0.6) is 5.88 Å². The van der Waals surface area contributed by atoms with E-state index >= 15 is 0 Å². The number of nitrogens with one attached hydrogen (secondary N) is 2. The molecule has 0 bridgehead atoms. The monoisotopic (exact) mass is 290 g/mol. The van der Waals surface area contributed by atoms with Crippen LogP contribution >= 0.6 is 12.2 Å². The van der Waals surface area contributed by atoms with Crippen LogP contribution in [0.3, 0.4) is 0 Å². The van der Waals surface area contributed by atoms with E-state index in [0.29, 0.717) is 11.3 Å². The predicted octanol–water partition coefficient (Wildman–Crippen LogP) is 2.76. The molecule has 8 heteroatoms. The fraction of sp³-hybridized carbons (Fsp3) is 0.0833. The minimum absolute atomic E-state index is 0.00923. The summed E-state index contributed by atoms with van der Waals surface area (Å²) in [5, 5.41) is 17.0. The summed E-state index contributed by atoms with van der Waals surface area (Å²) >= 11 is 4.69. The Morgan fingerprint density at radius 3 is 2.70 bits per heavy atom. The summed E-state index contributed by atoms with van der Waals surface area (Å²) in [6.07, 6.45) is 0. The molecule has 2 aromatic rings. The lowest BCUT2D eigenvalue weighted by atomic mass is 10.1. The number of azo groups is 1. The van der Waals surface area contributed by atoms with Crippen molar-refractivity contribution in [3.63, 3.8) is 0 Å². The smallest absolute Gasteiger partial charge is 0.283 e. The van der Waals surface area contributed by atoms with Gasteiger partial charge in [-0.1, -0.05) is 12.1 Å². The number of nitrogens with zero attached hydrogens (tertiary/aromatic N) is 2. The number of H-pyrrole nitrogens is 2. The number of carbonyl (C=O) groups is 1. The largest absolute Gasteiger partial charge is 0.493 e. The number of rotatable bonds is 3. The SMILES string of the molecule is CC(=O)c1cccc(N=Nc2c(O)[nH]c(=S)[nH]c2=O)c1. The Kier molecular flexibility index (Phi) is 3.85. The molecule has 2 rings (SSSR count). The Bertz CT molecular complexity index is 807. The highest BCUT2D eigenvalue weighted by atomic mass is 32.1. The number of benzene rings is 1. The van der Waals surface area contributed by atoms with Gasteiger partial charge in [0, 0.05) is 5.56 Å².